The molecule has 0 aliphatic carbocycles. The Morgan fingerprint density at radius 3 is 1.61 bits per heavy atom. The lowest BCUT2D eigenvalue weighted by Crippen LogP contribution is -2.14. The zero-order chi connectivity index (χ0) is 19.9. The second-order valence-electron chi connectivity index (χ2n) is 6.00. The third-order valence-corrected chi connectivity index (χ3v) is 3.95. The maximum atomic E-state index is 12.3. The molecule has 1 atom stereocenters. The molecule has 0 aliphatic rings. The third-order valence-electron chi connectivity index (χ3n) is 3.95. The molecule has 0 amide bonds. The van der Waals surface area contributed by atoms with Gasteiger partial charge in [0.1, 0.15) is 11.5 Å². The molecule has 0 saturated carbocycles. The van der Waals surface area contributed by atoms with Crippen molar-refractivity contribution in [2.75, 3.05) is 6.54 Å². The zero-order valence-electron chi connectivity index (χ0n) is 14.9. The summed E-state index contributed by atoms with van der Waals surface area (Å²) in [5, 5.41) is 10.1. The summed E-state index contributed by atoms with van der Waals surface area (Å²) in [7, 11) is 0. The Bertz CT molecular complexity index is 885. The second-order valence-corrected chi connectivity index (χ2v) is 6.00. The number of carbonyl (C=O) groups is 2. The largest absolute Gasteiger partial charge is 0.423 e. The van der Waals surface area contributed by atoms with Gasteiger partial charge in [-0.1, -0.05) is 36.4 Å². The molecule has 0 saturated heterocycles. The van der Waals surface area contributed by atoms with Crippen molar-refractivity contribution in [2.24, 2.45) is 5.73 Å². The number of ether oxygens (including phenoxy) is 2. The summed E-state index contributed by atoms with van der Waals surface area (Å²) >= 11 is 0. The molecular formula is C22H19NO5. The van der Waals surface area contributed by atoms with Gasteiger partial charge in [0, 0.05) is 12.6 Å². The van der Waals surface area contributed by atoms with E-state index in [0.29, 0.717) is 16.7 Å². The Morgan fingerprint density at radius 1 is 0.786 bits per heavy atom. The molecule has 6 nitrogen and oxygen atoms in total. The van der Waals surface area contributed by atoms with Crippen LogP contribution in [0.5, 0.6) is 11.5 Å². The Kier molecular flexibility index (Phi) is 6.16. The lowest BCUT2D eigenvalue weighted by molar-refractivity contribution is 0.0731. The standard InChI is InChI=1S/C22H19NO5/c23-14-20(24)17-11-18(27-21(25)15-7-3-1-4-8-15)13-19(12-17)28-22(26)16-9-5-2-6-10-16/h1-13,20,24H,14,23H2. The lowest BCUT2D eigenvalue weighted by Gasteiger charge is -2.13. The number of carbonyl (C=O) groups excluding carboxylic acids is 2. The summed E-state index contributed by atoms with van der Waals surface area (Å²) in [6.07, 6.45) is -0.996. The quantitative estimate of drug-likeness (QED) is 0.506. The SMILES string of the molecule is NCC(O)c1cc(OC(=O)c2ccccc2)cc(OC(=O)c2ccccc2)c1. The second kappa shape index (κ2) is 8.94. The molecule has 28 heavy (non-hydrogen) atoms. The fraction of sp³-hybridized carbons (Fsp3) is 0.0909. The van der Waals surface area contributed by atoms with E-state index in [9.17, 15) is 14.7 Å². The van der Waals surface area contributed by atoms with Gasteiger partial charge >= 0.3 is 11.9 Å². The average Bonchev–Trinajstić information content (AvgIpc) is 2.74. The van der Waals surface area contributed by atoms with E-state index in [2.05, 4.69) is 0 Å². The van der Waals surface area contributed by atoms with Gasteiger partial charge in [-0.2, -0.15) is 0 Å². The van der Waals surface area contributed by atoms with Crippen LogP contribution in [-0.4, -0.2) is 23.6 Å². The van der Waals surface area contributed by atoms with Crippen LogP contribution in [0.3, 0.4) is 0 Å². The average molecular weight is 377 g/mol. The van der Waals surface area contributed by atoms with E-state index in [1.54, 1.807) is 60.7 Å². The van der Waals surface area contributed by atoms with Crippen molar-refractivity contribution in [3.63, 3.8) is 0 Å². The predicted octanol–water partition coefficient (Wildman–Crippen LogP) is 3.12. The molecule has 6 heteroatoms. The van der Waals surface area contributed by atoms with Crippen molar-refractivity contribution in [1.82, 2.24) is 0 Å². The number of hydrogen-bond acceptors (Lipinski definition) is 6. The van der Waals surface area contributed by atoms with Crippen LogP contribution < -0.4 is 15.2 Å². The van der Waals surface area contributed by atoms with E-state index in [1.807, 2.05) is 0 Å². The van der Waals surface area contributed by atoms with Crippen molar-refractivity contribution in [3.8, 4) is 11.5 Å². The van der Waals surface area contributed by atoms with Crippen molar-refractivity contribution >= 4 is 11.9 Å². The molecule has 0 bridgehead atoms. The Balaban J connectivity index is 1.86. The van der Waals surface area contributed by atoms with Gasteiger partial charge in [0.25, 0.3) is 0 Å². The lowest BCUT2D eigenvalue weighted by atomic mass is 10.1. The summed E-state index contributed by atoms with van der Waals surface area (Å²) < 4.78 is 10.8. The molecule has 0 heterocycles. The highest BCUT2D eigenvalue weighted by atomic mass is 16.5. The van der Waals surface area contributed by atoms with E-state index in [1.165, 1.54) is 18.2 Å². The van der Waals surface area contributed by atoms with Crippen LogP contribution >= 0.6 is 0 Å². The Labute approximate surface area is 162 Å². The number of esters is 2. The van der Waals surface area contributed by atoms with Gasteiger partial charge in [-0.15, -0.1) is 0 Å². The predicted molar refractivity (Wildman–Crippen MR) is 103 cm³/mol. The van der Waals surface area contributed by atoms with E-state index in [4.69, 9.17) is 15.2 Å². The van der Waals surface area contributed by atoms with Gasteiger partial charge in [-0.25, -0.2) is 9.59 Å². The minimum Gasteiger partial charge on any atom is -0.423 e. The summed E-state index contributed by atoms with van der Waals surface area (Å²) in [5.41, 5.74) is 6.64. The van der Waals surface area contributed by atoms with E-state index in [-0.39, 0.29) is 18.0 Å². The molecule has 0 aliphatic heterocycles. The van der Waals surface area contributed by atoms with Gasteiger partial charge in [0.15, 0.2) is 0 Å². The highest BCUT2D eigenvalue weighted by Crippen LogP contribution is 2.28. The summed E-state index contributed by atoms with van der Waals surface area (Å²) in [4.78, 5) is 24.6. The highest BCUT2D eigenvalue weighted by Gasteiger charge is 2.16. The van der Waals surface area contributed by atoms with E-state index in [0.717, 1.165) is 0 Å². The number of rotatable bonds is 6. The van der Waals surface area contributed by atoms with Crippen LogP contribution in [0, 0.1) is 0 Å². The van der Waals surface area contributed by atoms with Crippen LogP contribution in [0.2, 0.25) is 0 Å². The molecule has 142 valence electrons. The molecule has 3 aromatic rings. The number of nitrogens with two attached hydrogens (primary N) is 1. The first kappa shape index (κ1) is 19.3. The topological polar surface area (TPSA) is 98.9 Å². The smallest absolute Gasteiger partial charge is 0.343 e. The first-order valence-electron chi connectivity index (χ1n) is 8.64. The number of aliphatic hydroxyl groups excluding tert-OH is 1. The highest BCUT2D eigenvalue weighted by molar-refractivity contribution is 5.92. The van der Waals surface area contributed by atoms with Crippen LogP contribution in [0.25, 0.3) is 0 Å². The van der Waals surface area contributed by atoms with Crippen molar-refractivity contribution in [1.29, 1.82) is 0 Å². The number of benzene rings is 3. The van der Waals surface area contributed by atoms with Crippen LogP contribution in [0.1, 0.15) is 32.4 Å². The van der Waals surface area contributed by atoms with Gasteiger partial charge in [0.2, 0.25) is 0 Å². The van der Waals surface area contributed by atoms with Gasteiger partial charge < -0.3 is 20.3 Å². The van der Waals surface area contributed by atoms with Crippen molar-refractivity contribution < 1.29 is 24.2 Å². The molecule has 3 aromatic carbocycles. The van der Waals surface area contributed by atoms with Crippen LogP contribution in [0.4, 0.5) is 0 Å². The molecule has 0 spiro atoms. The Hall–Kier alpha value is -3.48. The summed E-state index contributed by atoms with van der Waals surface area (Å²) in [6, 6.07) is 21.3. The molecule has 3 rings (SSSR count). The molecule has 0 fully saturated rings. The normalized spacial score (nSPS) is 11.5. The molecule has 1 unspecified atom stereocenters. The third kappa shape index (κ3) is 4.82. The maximum absolute atomic E-state index is 12.3. The van der Waals surface area contributed by atoms with Crippen molar-refractivity contribution in [3.05, 3.63) is 95.6 Å². The zero-order valence-corrected chi connectivity index (χ0v) is 14.9. The number of aliphatic hydroxyl groups is 1. The first-order valence-corrected chi connectivity index (χ1v) is 8.64. The fourth-order valence-corrected chi connectivity index (χ4v) is 2.52. The monoisotopic (exact) mass is 377 g/mol. The Morgan fingerprint density at radius 2 is 1.21 bits per heavy atom. The summed E-state index contributed by atoms with van der Waals surface area (Å²) in [5.74, 6) is -0.870. The minimum absolute atomic E-state index is 0.0395. The molecule has 3 N–H and O–H groups in total. The van der Waals surface area contributed by atoms with Crippen LogP contribution in [-0.2, 0) is 0 Å². The number of hydrogen-bond donors (Lipinski definition) is 2. The molecule has 0 radical (unpaired) electrons. The van der Waals surface area contributed by atoms with E-state index >= 15 is 0 Å². The van der Waals surface area contributed by atoms with Gasteiger partial charge in [0.05, 0.1) is 17.2 Å². The maximum Gasteiger partial charge on any atom is 0.343 e. The molecule has 0 aromatic heterocycles. The van der Waals surface area contributed by atoms with Crippen molar-refractivity contribution in [2.45, 2.75) is 6.10 Å². The van der Waals surface area contributed by atoms with Crippen LogP contribution in [0.15, 0.2) is 78.9 Å². The molecular weight excluding hydrogens is 358 g/mol. The first-order chi connectivity index (χ1) is 13.6. The van der Waals surface area contributed by atoms with Gasteiger partial charge in [-0.05, 0) is 42.0 Å². The van der Waals surface area contributed by atoms with Gasteiger partial charge in [-0.3, -0.25) is 0 Å². The van der Waals surface area contributed by atoms with E-state index < -0.39 is 18.0 Å². The summed E-state index contributed by atoms with van der Waals surface area (Å²) in [6.45, 7) is -0.0395. The minimum atomic E-state index is -0.996. The fourth-order valence-electron chi connectivity index (χ4n) is 2.52.